The lowest BCUT2D eigenvalue weighted by Crippen LogP contribution is -2.35. The van der Waals surface area contributed by atoms with E-state index in [1.54, 1.807) is 0 Å². The lowest BCUT2D eigenvalue weighted by Gasteiger charge is -2.17. The van der Waals surface area contributed by atoms with Crippen molar-refractivity contribution in [3.63, 3.8) is 0 Å². The van der Waals surface area contributed by atoms with Gasteiger partial charge in [0.25, 0.3) is 0 Å². The van der Waals surface area contributed by atoms with Gasteiger partial charge in [-0.1, -0.05) is 30.3 Å². The minimum absolute atomic E-state index is 0.0130. The fourth-order valence-electron chi connectivity index (χ4n) is 2.05. The van der Waals surface area contributed by atoms with E-state index in [4.69, 9.17) is 0 Å². The third-order valence-corrected chi connectivity index (χ3v) is 3.39. The minimum atomic E-state index is -0.0130. The Bertz CT molecular complexity index is 377. The van der Waals surface area contributed by atoms with Crippen LogP contribution in [0.2, 0.25) is 0 Å². The number of hydrogen-bond donors (Lipinski definition) is 1. The van der Waals surface area contributed by atoms with Crippen molar-refractivity contribution >= 4 is 5.91 Å². The van der Waals surface area contributed by atoms with Crippen molar-refractivity contribution in [2.24, 2.45) is 5.92 Å². The second-order valence-electron chi connectivity index (χ2n) is 4.71. The largest absolute Gasteiger partial charge is 0.346 e. The zero-order valence-corrected chi connectivity index (χ0v) is 8.70. The van der Waals surface area contributed by atoms with E-state index in [1.165, 1.54) is 5.56 Å². The summed E-state index contributed by atoms with van der Waals surface area (Å²) in [6.45, 7) is 0. The van der Waals surface area contributed by atoms with E-state index >= 15 is 0 Å². The van der Waals surface area contributed by atoms with E-state index in [9.17, 15) is 4.79 Å². The maximum atomic E-state index is 11.7. The Labute approximate surface area is 89.7 Å². The molecule has 3 rings (SSSR count). The van der Waals surface area contributed by atoms with Gasteiger partial charge in [0.2, 0.25) is 5.91 Å². The molecule has 2 nitrogen and oxygen atoms in total. The Morgan fingerprint density at radius 1 is 1.20 bits per heavy atom. The summed E-state index contributed by atoms with van der Waals surface area (Å²) in [5.74, 6) is 0.572. The van der Waals surface area contributed by atoms with Crippen LogP contribution in [-0.4, -0.2) is 5.91 Å². The summed E-state index contributed by atoms with van der Waals surface area (Å²) >= 11 is 0. The van der Waals surface area contributed by atoms with Crippen LogP contribution in [0.1, 0.15) is 31.2 Å². The molecule has 2 saturated carbocycles. The van der Waals surface area contributed by atoms with Crippen molar-refractivity contribution in [1.82, 2.24) is 5.32 Å². The Hall–Kier alpha value is -1.31. The standard InChI is InChI=1S/C13H15NO/c15-12(10-6-7-10)14-13(8-9-13)11-4-2-1-3-5-11/h1-5,10H,6-9H2,(H,14,15). The summed E-state index contributed by atoms with van der Waals surface area (Å²) in [6.07, 6.45) is 4.35. The molecule has 0 aromatic heterocycles. The molecule has 1 aromatic carbocycles. The monoisotopic (exact) mass is 201 g/mol. The molecule has 0 bridgehead atoms. The first-order valence-corrected chi connectivity index (χ1v) is 5.68. The highest BCUT2D eigenvalue weighted by molar-refractivity contribution is 5.82. The Kier molecular flexibility index (Phi) is 1.84. The molecule has 0 saturated heterocycles. The van der Waals surface area contributed by atoms with Crippen molar-refractivity contribution in [2.75, 3.05) is 0 Å². The molecule has 1 N–H and O–H groups in total. The summed E-state index contributed by atoms with van der Waals surface area (Å²) in [5, 5.41) is 3.21. The quantitative estimate of drug-likeness (QED) is 0.798. The van der Waals surface area contributed by atoms with Gasteiger partial charge in [-0.25, -0.2) is 0 Å². The average Bonchev–Trinajstić information content (AvgIpc) is 3.14. The van der Waals surface area contributed by atoms with Gasteiger partial charge in [0.05, 0.1) is 5.54 Å². The summed E-state index contributed by atoms with van der Waals surface area (Å²) in [7, 11) is 0. The molecule has 0 unspecified atom stereocenters. The van der Waals surface area contributed by atoms with Gasteiger partial charge in [-0.15, -0.1) is 0 Å². The molecule has 2 aliphatic carbocycles. The van der Waals surface area contributed by atoms with Crippen LogP contribution < -0.4 is 5.32 Å². The van der Waals surface area contributed by atoms with Crippen molar-refractivity contribution < 1.29 is 4.79 Å². The van der Waals surface area contributed by atoms with Crippen LogP contribution in [0.5, 0.6) is 0 Å². The van der Waals surface area contributed by atoms with E-state index in [0.717, 1.165) is 25.7 Å². The molecule has 0 atom stereocenters. The van der Waals surface area contributed by atoms with E-state index in [1.807, 2.05) is 18.2 Å². The number of amides is 1. The molecule has 0 radical (unpaired) electrons. The number of carbonyl (C=O) groups excluding carboxylic acids is 1. The molecule has 0 aliphatic heterocycles. The second-order valence-corrected chi connectivity index (χ2v) is 4.71. The molecule has 78 valence electrons. The lowest BCUT2D eigenvalue weighted by molar-refractivity contribution is -0.123. The van der Waals surface area contributed by atoms with Gasteiger partial charge in [0.1, 0.15) is 0 Å². The number of benzene rings is 1. The zero-order chi connectivity index (χ0) is 10.3. The Morgan fingerprint density at radius 2 is 1.87 bits per heavy atom. The fourth-order valence-corrected chi connectivity index (χ4v) is 2.05. The first-order valence-electron chi connectivity index (χ1n) is 5.68. The maximum absolute atomic E-state index is 11.7. The maximum Gasteiger partial charge on any atom is 0.223 e. The van der Waals surface area contributed by atoms with Crippen molar-refractivity contribution in [3.8, 4) is 0 Å². The SMILES string of the molecule is O=C(NC1(c2ccccc2)CC1)C1CC1. The van der Waals surface area contributed by atoms with Crippen molar-refractivity contribution in [2.45, 2.75) is 31.2 Å². The summed E-state index contributed by atoms with van der Waals surface area (Å²) < 4.78 is 0. The van der Waals surface area contributed by atoms with Crippen LogP contribution in [0.3, 0.4) is 0 Å². The first kappa shape index (κ1) is 8.96. The average molecular weight is 201 g/mol. The lowest BCUT2D eigenvalue weighted by atomic mass is 10.0. The molecule has 2 fully saturated rings. The number of carbonyl (C=O) groups is 1. The predicted molar refractivity (Wildman–Crippen MR) is 58.2 cm³/mol. The van der Waals surface area contributed by atoms with E-state index in [2.05, 4.69) is 17.4 Å². The topological polar surface area (TPSA) is 29.1 Å². The van der Waals surface area contributed by atoms with Crippen LogP contribution in [0.4, 0.5) is 0 Å². The van der Waals surface area contributed by atoms with Gasteiger partial charge in [0, 0.05) is 5.92 Å². The van der Waals surface area contributed by atoms with Gasteiger partial charge < -0.3 is 5.32 Å². The molecule has 1 aromatic rings. The van der Waals surface area contributed by atoms with Gasteiger partial charge in [0.15, 0.2) is 0 Å². The summed E-state index contributed by atoms with van der Waals surface area (Å²) in [6, 6.07) is 10.3. The highest BCUT2D eigenvalue weighted by Gasteiger charge is 2.47. The molecule has 2 aliphatic rings. The third-order valence-electron chi connectivity index (χ3n) is 3.39. The van der Waals surface area contributed by atoms with Crippen LogP contribution in [-0.2, 0) is 10.3 Å². The van der Waals surface area contributed by atoms with Gasteiger partial charge in [-0.05, 0) is 31.2 Å². The fraction of sp³-hybridized carbons (Fsp3) is 0.462. The van der Waals surface area contributed by atoms with Crippen LogP contribution in [0.15, 0.2) is 30.3 Å². The second kappa shape index (κ2) is 3.09. The molecular weight excluding hydrogens is 186 g/mol. The van der Waals surface area contributed by atoms with Gasteiger partial charge in [-0.3, -0.25) is 4.79 Å². The Morgan fingerprint density at radius 3 is 2.40 bits per heavy atom. The molecule has 0 heterocycles. The van der Waals surface area contributed by atoms with Crippen LogP contribution in [0, 0.1) is 5.92 Å². The van der Waals surface area contributed by atoms with Crippen LogP contribution in [0.25, 0.3) is 0 Å². The van der Waals surface area contributed by atoms with Crippen LogP contribution >= 0.6 is 0 Å². The Balaban J connectivity index is 1.76. The zero-order valence-electron chi connectivity index (χ0n) is 8.70. The molecule has 15 heavy (non-hydrogen) atoms. The number of rotatable bonds is 3. The first-order chi connectivity index (χ1) is 7.30. The molecule has 2 heteroatoms. The third kappa shape index (κ3) is 1.65. The molecular formula is C13H15NO. The molecule has 1 amide bonds. The smallest absolute Gasteiger partial charge is 0.223 e. The predicted octanol–water partition coefficient (Wildman–Crippen LogP) is 2.20. The van der Waals surface area contributed by atoms with Crippen molar-refractivity contribution in [1.29, 1.82) is 0 Å². The highest BCUT2D eigenvalue weighted by Crippen LogP contribution is 2.46. The normalized spacial score (nSPS) is 22.1. The summed E-state index contributed by atoms with van der Waals surface area (Å²) in [4.78, 5) is 11.7. The van der Waals surface area contributed by atoms with E-state index in [0.29, 0.717) is 5.92 Å². The number of nitrogens with one attached hydrogen (secondary N) is 1. The van der Waals surface area contributed by atoms with Gasteiger partial charge >= 0.3 is 0 Å². The minimum Gasteiger partial charge on any atom is -0.346 e. The number of hydrogen-bond acceptors (Lipinski definition) is 1. The van der Waals surface area contributed by atoms with E-state index < -0.39 is 0 Å². The summed E-state index contributed by atoms with van der Waals surface area (Å²) in [5.41, 5.74) is 1.25. The van der Waals surface area contributed by atoms with Crippen molar-refractivity contribution in [3.05, 3.63) is 35.9 Å². The highest BCUT2D eigenvalue weighted by atomic mass is 16.2. The van der Waals surface area contributed by atoms with Gasteiger partial charge in [-0.2, -0.15) is 0 Å². The molecule has 0 spiro atoms. The van der Waals surface area contributed by atoms with E-state index in [-0.39, 0.29) is 11.4 Å².